The average molecular weight is 314 g/mol. The van der Waals surface area contributed by atoms with E-state index in [1.165, 1.54) is 34.0 Å². The molecule has 0 unspecified atom stereocenters. The van der Waals surface area contributed by atoms with E-state index in [1.54, 1.807) is 0 Å². The highest BCUT2D eigenvalue weighted by molar-refractivity contribution is 14.1. The molecule has 0 saturated carbocycles. The van der Waals surface area contributed by atoms with Gasteiger partial charge in [0.2, 0.25) is 0 Å². The van der Waals surface area contributed by atoms with Crippen LogP contribution in [0.3, 0.4) is 0 Å². The van der Waals surface area contributed by atoms with Crippen LogP contribution in [0.1, 0.15) is 36.3 Å². The zero-order valence-electron chi connectivity index (χ0n) is 8.67. The number of benzene rings is 1. The lowest BCUT2D eigenvalue weighted by atomic mass is 9.81. The molecule has 0 amide bonds. The fourth-order valence-corrected chi connectivity index (χ4v) is 2.94. The summed E-state index contributed by atoms with van der Waals surface area (Å²) in [6.07, 6.45) is 4.30. The molecule has 1 aromatic rings. The van der Waals surface area contributed by atoms with Crippen LogP contribution < -0.4 is 0 Å². The Hall–Kier alpha value is -0.510. The third-order valence-corrected chi connectivity index (χ3v) is 3.70. The van der Waals surface area contributed by atoms with Crippen LogP contribution in [0.25, 0.3) is 0 Å². The van der Waals surface area contributed by atoms with E-state index in [-0.39, 0.29) is 0 Å². The Balaban J connectivity index is 2.30. The molecular weight excluding hydrogens is 299 g/mol. The lowest BCUT2D eigenvalue weighted by molar-refractivity contribution is 0.366. The molecule has 2 rings (SSSR count). The van der Waals surface area contributed by atoms with Gasteiger partial charge >= 0.3 is 0 Å². The summed E-state index contributed by atoms with van der Waals surface area (Å²) in [6.45, 7) is 3.59. The highest BCUT2D eigenvalue weighted by atomic mass is 127. The van der Waals surface area contributed by atoms with E-state index in [0.717, 1.165) is 0 Å². The largest absolute Gasteiger partial charge is 0.513 e. The first-order valence-electron chi connectivity index (χ1n) is 5.32. The van der Waals surface area contributed by atoms with Gasteiger partial charge in [0.25, 0.3) is 0 Å². The summed E-state index contributed by atoms with van der Waals surface area (Å²) in [7, 11) is 0. The molecule has 0 aliphatic heterocycles. The third-order valence-electron chi connectivity index (χ3n) is 3.03. The van der Waals surface area contributed by atoms with Crippen LogP contribution in [0.2, 0.25) is 0 Å². The second-order valence-corrected chi connectivity index (χ2v) is 5.45. The van der Waals surface area contributed by atoms with Crippen LogP contribution >= 0.6 is 22.6 Å². The van der Waals surface area contributed by atoms with E-state index in [1.807, 2.05) is 0 Å². The molecule has 2 heteroatoms. The monoisotopic (exact) mass is 314 g/mol. The predicted octanol–water partition coefficient (Wildman–Crippen LogP) is 4.17. The zero-order valence-corrected chi connectivity index (χ0v) is 10.8. The number of aryl methyl sites for hydroxylation is 1. The van der Waals surface area contributed by atoms with Crippen molar-refractivity contribution in [3.8, 4) is 0 Å². The third kappa shape index (κ3) is 2.54. The summed E-state index contributed by atoms with van der Waals surface area (Å²) in [5.41, 5.74) is 2.87. The van der Waals surface area contributed by atoms with Crippen molar-refractivity contribution in [2.24, 2.45) is 0 Å². The lowest BCUT2D eigenvalue weighted by Crippen LogP contribution is -2.10. The van der Waals surface area contributed by atoms with Crippen molar-refractivity contribution in [2.45, 2.75) is 31.6 Å². The summed E-state index contributed by atoms with van der Waals surface area (Å²) in [6, 6.07) is 6.63. The van der Waals surface area contributed by atoms with Crippen molar-refractivity contribution in [1.82, 2.24) is 0 Å². The smallest absolute Gasteiger partial charge is 0.0857 e. The Morgan fingerprint density at radius 3 is 3.07 bits per heavy atom. The van der Waals surface area contributed by atoms with Crippen LogP contribution in [0.15, 0.2) is 30.5 Å². The van der Waals surface area contributed by atoms with Crippen LogP contribution in [0.5, 0.6) is 0 Å². The molecule has 80 valence electrons. The minimum atomic E-state index is 0.311. The SMILES string of the molecule is C=C(O)C[C@@H]1CCCc2cc(I)ccc21. The van der Waals surface area contributed by atoms with Crippen LogP contribution in [0, 0.1) is 3.57 Å². The molecule has 1 atom stereocenters. The number of halogens is 1. The lowest BCUT2D eigenvalue weighted by Gasteiger charge is -2.25. The van der Waals surface area contributed by atoms with Crippen LogP contribution in [0.4, 0.5) is 0 Å². The zero-order chi connectivity index (χ0) is 10.8. The number of aliphatic hydroxyl groups is 1. The fourth-order valence-electron chi connectivity index (χ4n) is 2.38. The maximum absolute atomic E-state index is 9.29. The normalized spacial score (nSPS) is 19.7. The van der Waals surface area contributed by atoms with Crippen molar-refractivity contribution in [3.63, 3.8) is 0 Å². The number of allylic oxidation sites excluding steroid dienone is 1. The van der Waals surface area contributed by atoms with Crippen molar-refractivity contribution in [3.05, 3.63) is 45.2 Å². The Kier molecular flexibility index (Phi) is 3.34. The quantitative estimate of drug-likeness (QED) is 0.641. The minimum absolute atomic E-state index is 0.311. The molecule has 15 heavy (non-hydrogen) atoms. The molecule has 0 fully saturated rings. The molecule has 0 spiro atoms. The molecule has 1 aliphatic rings. The number of rotatable bonds is 2. The van der Waals surface area contributed by atoms with Gasteiger partial charge in [-0.2, -0.15) is 0 Å². The summed E-state index contributed by atoms with van der Waals surface area (Å²) < 4.78 is 1.30. The fraction of sp³-hybridized carbons (Fsp3) is 0.385. The van der Waals surface area contributed by atoms with Gasteiger partial charge in [-0.3, -0.25) is 0 Å². The second kappa shape index (κ2) is 4.56. The van der Waals surface area contributed by atoms with E-state index in [4.69, 9.17) is 0 Å². The average Bonchev–Trinajstić information content (AvgIpc) is 2.16. The van der Waals surface area contributed by atoms with Gasteiger partial charge in [-0.15, -0.1) is 0 Å². The van der Waals surface area contributed by atoms with Crippen LogP contribution in [-0.2, 0) is 6.42 Å². The van der Waals surface area contributed by atoms with E-state index >= 15 is 0 Å². The van der Waals surface area contributed by atoms with E-state index in [0.29, 0.717) is 18.1 Å². The minimum Gasteiger partial charge on any atom is -0.513 e. The second-order valence-electron chi connectivity index (χ2n) is 4.20. The van der Waals surface area contributed by atoms with Crippen molar-refractivity contribution >= 4 is 22.6 Å². The molecule has 1 N–H and O–H groups in total. The topological polar surface area (TPSA) is 20.2 Å². The van der Waals surface area contributed by atoms with Gasteiger partial charge in [-0.05, 0) is 71.0 Å². The molecule has 1 nitrogen and oxygen atoms in total. The maximum atomic E-state index is 9.29. The Morgan fingerprint density at radius 1 is 1.53 bits per heavy atom. The summed E-state index contributed by atoms with van der Waals surface area (Å²) in [5, 5.41) is 9.29. The molecule has 0 saturated heterocycles. The van der Waals surface area contributed by atoms with Gasteiger partial charge in [-0.1, -0.05) is 12.6 Å². The van der Waals surface area contributed by atoms with Crippen molar-refractivity contribution in [1.29, 1.82) is 0 Å². The Morgan fingerprint density at radius 2 is 2.33 bits per heavy atom. The summed E-state index contributed by atoms with van der Waals surface area (Å²) in [4.78, 5) is 0. The van der Waals surface area contributed by atoms with Gasteiger partial charge in [0.05, 0.1) is 5.76 Å². The molecule has 0 heterocycles. The standard InChI is InChI=1S/C13H15IO/c1-9(15)7-10-3-2-4-11-8-12(14)5-6-13(10)11/h5-6,8,10,15H,1-4,7H2/t10-/m0/s1. The summed E-state index contributed by atoms with van der Waals surface area (Å²) in [5.74, 6) is 0.787. The molecular formula is C13H15IO. The number of hydrogen-bond acceptors (Lipinski definition) is 1. The van der Waals surface area contributed by atoms with Crippen molar-refractivity contribution < 1.29 is 5.11 Å². The van der Waals surface area contributed by atoms with Gasteiger partial charge < -0.3 is 5.11 Å². The molecule has 1 aromatic carbocycles. The van der Waals surface area contributed by atoms with Crippen molar-refractivity contribution in [2.75, 3.05) is 0 Å². The molecule has 0 aromatic heterocycles. The van der Waals surface area contributed by atoms with E-state index in [9.17, 15) is 5.11 Å². The molecule has 0 bridgehead atoms. The van der Waals surface area contributed by atoms with E-state index < -0.39 is 0 Å². The van der Waals surface area contributed by atoms with Gasteiger partial charge in [0.1, 0.15) is 0 Å². The molecule has 0 radical (unpaired) electrons. The maximum Gasteiger partial charge on any atom is 0.0857 e. The first kappa shape index (κ1) is 11.0. The Bertz CT molecular complexity index is 384. The number of aliphatic hydroxyl groups excluding tert-OH is 1. The first-order chi connectivity index (χ1) is 7.16. The van der Waals surface area contributed by atoms with E-state index in [2.05, 4.69) is 47.4 Å². The van der Waals surface area contributed by atoms with Crippen LogP contribution in [-0.4, -0.2) is 5.11 Å². The number of fused-ring (bicyclic) bond motifs is 1. The van der Waals surface area contributed by atoms with Gasteiger partial charge in [-0.25, -0.2) is 0 Å². The van der Waals surface area contributed by atoms with Gasteiger partial charge in [0, 0.05) is 9.99 Å². The van der Waals surface area contributed by atoms with Gasteiger partial charge in [0.15, 0.2) is 0 Å². The first-order valence-corrected chi connectivity index (χ1v) is 6.40. The predicted molar refractivity (Wildman–Crippen MR) is 71.2 cm³/mol. The summed E-state index contributed by atoms with van der Waals surface area (Å²) >= 11 is 2.35. The highest BCUT2D eigenvalue weighted by Gasteiger charge is 2.20. The highest BCUT2D eigenvalue weighted by Crippen LogP contribution is 2.35. The number of hydrogen-bond donors (Lipinski definition) is 1. The Labute approximate surface area is 104 Å². The molecule has 1 aliphatic carbocycles.